The van der Waals surface area contributed by atoms with Crippen LogP contribution in [0.15, 0.2) is 12.7 Å². The molecule has 1 fully saturated rings. The van der Waals surface area contributed by atoms with Crippen molar-refractivity contribution in [2.24, 2.45) is 16.7 Å². The molecular weight excluding hydrogens is 225 g/mol. The molecule has 0 spiro atoms. The van der Waals surface area contributed by atoms with E-state index in [1.54, 1.807) is 0 Å². The van der Waals surface area contributed by atoms with Crippen LogP contribution in [0.1, 0.15) is 52.9 Å². The first-order valence-electron chi connectivity index (χ1n) is 6.30. The molecular formula is C14H23F3. The molecule has 0 aromatic carbocycles. The molecule has 3 heteroatoms. The zero-order valence-electron chi connectivity index (χ0n) is 11.0. The first kappa shape index (κ1) is 14.6. The normalized spacial score (nSPS) is 31.3. The molecule has 0 aromatic rings. The lowest BCUT2D eigenvalue weighted by molar-refractivity contribution is -0.237. The smallest absolute Gasteiger partial charge is 0.170 e. The van der Waals surface area contributed by atoms with Gasteiger partial charge >= 0.3 is 6.18 Å². The molecule has 1 aliphatic rings. The standard InChI is InChI=1S/C14H23F3/c1-5-8-13(14(15,16)17)9-6-11(7-10-13)12(2,3)4/h5,11H,1,6-10H2,2-4H3. The van der Waals surface area contributed by atoms with Gasteiger partial charge in [0, 0.05) is 0 Å². The fourth-order valence-electron chi connectivity index (χ4n) is 2.92. The average Bonchev–Trinajstić information content (AvgIpc) is 2.15. The molecule has 0 atom stereocenters. The maximum Gasteiger partial charge on any atom is 0.394 e. The van der Waals surface area contributed by atoms with Gasteiger partial charge in [-0.3, -0.25) is 0 Å². The van der Waals surface area contributed by atoms with Gasteiger partial charge < -0.3 is 0 Å². The lowest BCUT2D eigenvalue weighted by atomic mass is 9.62. The minimum Gasteiger partial charge on any atom is -0.170 e. The minimum absolute atomic E-state index is 0.0629. The van der Waals surface area contributed by atoms with E-state index in [0.717, 1.165) is 0 Å². The molecule has 0 unspecified atom stereocenters. The number of hydrogen-bond donors (Lipinski definition) is 0. The Morgan fingerprint density at radius 1 is 1.18 bits per heavy atom. The van der Waals surface area contributed by atoms with Crippen LogP contribution in [0, 0.1) is 16.7 Å². The fourth-order valence-corrected chi connectivity index (χ4v) is 2.92. The second-order valence-corrected chi connectivity index (χ2v) is 6.41. The van der Waals surface area contributed by atoms with E-state index in [0.29, 0.717) is 18.8 Å². The molecule has 0 radical (unpaired) electrons. The van der Waals surface area contributed by atoms with Gasteiger partial charge in [-0.15, -0.1) is 6.58 Å². The van der Waals surface area contributed by atoms with Crippen molar-refractivity contribution in [3.05, 3.63) is 12.7 Å². The molecule has 0 saturated heterocycles. The third-order valence-corrected chi connectivity index (χ3v) is 4.30. The highest BCUT2D eigenvalue weighted by atomic mass is 19.4. The summed E-state index contributed by atoms with van der Waals surface area (Å²) in [7, 11) is 0. The highest BCUT2D eigenvalue weighted by molar-refractivity contribution is 4.97. The molecule has 17 heavy (non-hydrogen) atoms. The van der Waals surface area contributed by atoms with Crippen molar-refractivity contribution < 1.29 is 13.2 Å². The van der Waals surface area contributed by atoms with E-state index in [2.05, 4.69) is 27.4 Å². The van der Waals surface area contributed by atoms with E-state index >= 15 is 0 Å². The summed E-state index contributed by atoms with van der Waals surface area (Å²) in [6, 6.07) is 0. The highest BCUT2D eigenvalue weighted by Crippen LogP contribution is 2.54. The van der Waals surface area contributed by atoms with Crippen LogP contribution in [0.3, 0.4) is 0 Å². The Labute approximate surface area is 102 Å². The van der Waals surface area contributed by atoms with Crippen LogP contribution < -0.4 is 0 Å². The van der Waals surface area contributed by atoms with Crippen LogP contribution in [0.4, 0.5) is 13.2 Å². The lowest BCUT2D eigenvalue weighted by Gasteiger charge is -2.44. The molecule has 100 valence electrons. The number of rotatable bonds is 2. The lowest BCUT2D eigenvalue weighted by Crippen LogP contribution is -2.42. The first-order valence-corrected chi connectivity index (χ1v) is 6.30. The molecule has 0 amide bonds. The fraction of sp³-hybridized carbons (Fsp3) is 0.857. The zero-order chi connectivity index (χ0) is 13.3. The molecule has 0 heterocycles. The molecule has 0 aliphatic heterocycles. The zero-order valence-corrected chi connectivity index (χ0v) is 11.0. The molecule has 0 bridgehead atoms. The molecule has 1 aliphatic carbocycles. The van der Waals surface area contributed by atoms with Crippen molar-refractivity contribution in [1.82, 2.24) is 0 Å². The molecule has 0 N–H and O–H groups in total. The third-order valence-electron chi connectivity index (χ3n) is 4.30. The van der Waals surface area contributed by atoms with Crippen LogP contribution in [0.25, 0.3) is 0 Å². The Balaban J connectivity index is 2.78. The Morgan fingerprint density at radius 2 is 1.65 bits per heavy atom. The number of halogens is 3. The Morgan fingerprint density at radius 3 is 1.94 bits per heavy atom. The van der Waals surface area contributed by atoms with Gasteiger partial charge in [0.15, 0.2) is 0 Å². The summed E-state index contributed by atoms with van der Waals surface area (Å²) in [5.74, 6) is 0.405. The van der Waals surface area contributed by atoms with Gasteiger partial charge in [0.1, 0.15) is 0 Å². The van der Waals surface area contributed by atoms with Gasteiger partial charge in [-0.05, 0) is 43.4 Å². The summed E-state index contributed by atoms with van der Waals surface area (Å²) in [5, 5.41) is 0. The molecule has 1 saturated carbocycles. The van der Waals surface area contributed by atoms with Crippen molar-refractivity contribution >= 4 is 0 Å². The van der Waals surface area contributed by atoms with E-state index < -0.39 is 11.6 Å². The van der Waals surface area contributed by atoms with Gasteiger partial charge in [0.05, 0.1) is 5.41 Å². The van der Waals surface area contributed by atoms with Crippen LogP contribution in [-0.2, 0) is 0 Å². The summed E-state index contributed by atoms with van der Waals surface area (Å²) in [6.45, 7) is 9.83. The largest absolute Gasteiger partial charge is 0.394 e. The topological polar surface area (TPSA) is 0 Å². The van der Waals surface area contributed by atoms with Crippen molar-refractivity contribution in [3.8, 4) is 0 Å². The molecule has 0 aromatic heterocycles. The third kappa shape index (κ3) is 3.05. The van der Waals surface area contributed by atoms with E-state index in [1.165, 1.54) is 6.08 Å². The average molecular weight is 248 g/mol. The van der Waals surface area contributed by atoms with Gasteiger partial charge in [-0.2, -0.15) is 13.2 Å². The Bertz CT molecular complexity index is 262. The van der Waals surface area contributed by atoms with Gasteiger partial charge in [-0.1, -0.05) is 26.8 Å². The first-order chi connectivity index (χ1) is 7.62. The quantitative estimate of drug-likeness (QED) is 0.578. The van der Waals surface area contributed by atoms with Crippen molar-refractivity contribution in [2.45, 2.75) is 59.1 Å². The monoisotopic (exact) mass is 248 g/mol. The Kier molecular flexibility index (Phi) is 4.00. The van der Waals surface area contributed by atoms with Gasteiger partial charge in [0.2, 0.25) is 0 Å². The maximum atomic E-state index is 13.2. The van der Waals surface area contributed by atoms with Crippen LogP contribution in [-0.4, -0.2) is 6.18 Å². The maximum absolute atomic E-state index is 13.2. The SMILES string of the molecule is C=CCC1(C(F)(F)F)CCC(C(C)(C)C)CC1. The highest BCUT2D eigenvalue weighted by Gasteiger charge is 2.55. The van der Waals surface area contributed by atoms with E-state index in [4.69, 9.17) is 0 Å². The van der Waals surface area contributed by atoms with Crippen LogP contribution >= 0.6 is 0 Å². The van der Waals surface area contributed by atoms with Crippen molar-refractivity contribution in [2.75, 3.05) is 0 Å². The number of allylic oxidation sites excluding steroid dienone is 1. The van der Waals surface area contributed by atoms with E-state index in [-0.39, 0.29) is 24.7 Å². The minimum atomic E-state index is -4.09. The van der Waals surface area contributed by atoms with Crippen LogP contribution in [0.2, 0.25) is 0 Å². The molecule has 0 nitrogen and oxygen atoms in total. The summed E-state index contributed by atoms with van der Waals surface area (Å²) >= 11 is 0. The summed E-state index contributed by atoms with van der Waals surface area (Å²) in [4.78, 5) is 0. The number of alkyl halides is 3. The summed E-state index contributed by atoms with van der Waals surface area (Å²) < 4.78 is 39.5. The van der Waals surface area contributed by atoms with Gasteiger partial charge in [-0.25, -0.2) is 0 Å². The van der Waals surface area contributed by atoms with Crippen molar-refractivity contribution in [3.63, 3.8) is 0 Å². The second kappa shape index (κ2) is 4.66. The van der Waals surface area contributed by atoms with E-state index in [9.17, 15) is 13.2 Å². The van der Waals surface area contributed by atoms with Crippen LogP contribution in [0.5, 0.6) is 0 Å². The Hall–Kier alpha value is -0.470. The summed E-state index contributed by atoms with van der Waals surface area (Å²) in [5.41, 5.74) is -1.39. The predicted octanol–water partition coefficient (Wildman–Crippen LogP) is 5.35. The molecule has 1 rings (SSSR count). The van der Waals surface area contributed by atoms with Crippen molar-refractivity contribution in [1.29, 1.82) is 0 Å². The second-order valence-electron chi connectivity index (χ2n) is 6.41. The predicted molar refractivity (Wildman–Crippen MR) is 64.7 cm³/mol. The van der Waals surface area contributed by atoms with E-state index in [1.807, 2.05) is 0 Å². The number of hydrogen-bond acceptors (Lipinski definition) is 0. The van der Waals surface area contributed by atoms with Gasteiger partial charge in [0.25, 0.3) is 0 Å². The summed E-state index contributed by atoms with van der Waals surface area (Å²) in [6.07, 6.45) is -0.745.